The van der Waals surface area contributed by atoms with Gasteiger partial charge in [0, 0.05) is 11.1 Å². The fourth-order valence-corrected chi connectivity index (χ4v) is 2.36. The molecule has 20 heavy (non-hydrogen) atoms. The van der Waals surface area contributed by atoms with Crippen molar-refractivity contribution >= 4 is 11.8 Å². The number of nitrogens with two attached hydrogens (primary N) is 2. The van der Waals surface area contributed by atoms with Gasteiger partial charge >= 0.3 is 0 Å². The molecule has 0 fully saturated rings. The van der Waals surface area contributed by atoms with Crippen molar-refractivity contribution in [1.29, 1.82) is 0 Å². The molecule has 4 nitrogen and oxygen atoms in total. The molecule has 2 aromatic rings. The van der Waals surface area contributed by atoms with E-state index in [9.17, 15) is 9.59 Å². The van der Waals surface area contributed by atoms with Gasteiger partial charge in [-0.25, -0.2) is 0 Å². The molecule has 2 amide bonds. The first-order valence-corrected chi connectivity index (χ1v) is 6.22. The Morgan fingerprint density at radius 3 is 2.00 bits per heavy atom. The molecular weight excluding hydrogens is 252 g/mol. The van der Waals surface area contributed by atoms with Gasteiger partial charge in [-0.05, 0) is 48.2 Å². The van der Waals surface area contributed by atoms with Crippen molar-refractivity contribution in [3.63, 3.8) is 0 Å². The summed E-state index contributed by atoms with van der Waals surface area (Å²) in [7, 11) is 0. The molecule has 0 aliphatic heterocycles. The minimum absolute atomic E-state index is 0.272. The van der Waals surface area contributed by atoms with E-state index in [1.807, 2.05) is 32.0 Å². The summed E-state index contributed by atoms with van der Waals surface area (Å²) in [5.41, 5.74) is 15.0. The topological polar surface area (TPSA) is 86.2 Å². The maximum absolute atomic E-state index is 11.7. The van der Waals surface area contributed by atoms with Crippen molar-refractivity contribution in [2.24, 2.45) is 11.5 Å². The van der Waals surface area contributed by atoms with Crippen molar-refractivity contribution in [1.82, 2.24) is 0 Å². The summed E-state index contributed by atoms with van der Waals surface area (Å²) < 4.78 is 0. The third-order valence-electron chi connectivity index (χ3n) is 3.32. The number of primary amides is 2. The smallest absolute Gasteiger partial charge is 0.249 e. The fourth-order valence-electron chi connectivity index (χ4n) is 2.36. The number of benzene rings is 2. The molecule has 102 valence electrons. The maximum atomic E-state index is 11.7. The lowest BCUT2D eigenvalue weighted by atomic mass is 9.91. The average Bonchev–Trinajstić information content (AvgIpc) is 2.38. The van der Waals surface area contributed by atoms with Crippen LogP contribution in [-0.2, 0) is 0 Å². The van der Waals surface area contributed by atoms with E-state index in [0.29, 0.717) is 5.56 Å². The van der Waals surface area contributed by atoms with Crippen LogP contribution in [0.3, 0.4) is 0 Å². The highest BCUT2D eigenvalue weighted by molar-refractivity contribution is 6.04. The minimum atomic E-state index is -0.583. The Labute approximate surface area is 117 Å². The van der Waals surface area contributed by atoms with E-state index >= 15 is 0 Å². The number of rotatable bonds is 3. The second kappa shape index (κ2) is 5.17. The highest BCUT2D eigenvalue weighted by Gasteiger charge is 2.15. The largest absolute Gasteiger partial charge is 0.366 e. The molecule has 2 aromatic carbocycles. The molecule has 0 aliphatic rings. The average molecular weight is 268 g/mol. The van der Waals surface area contributed by atoms with Crippen LogP contribution in [0.4, 0.5) is 0 Å². The lowest BCUT2D eigenvalue weighted by Gasteiger charge is -2.13. The van der Waals surface area contributed by atoms with E-state index < -0.39 is 11.8 Å². The predicted molar refractivity (Wildman–Crippen MR) is 78.4 cm³/mol. The van der Waals surface area contributed by atoms with Crippen molar-refractivity contribution in [3.8, 4) is 11.1 Å². The van der Waals surface area contributed by atoms with E-state index in [1.54, 1.807) is 12.1 Å². The van der Waals surface area contributed by atoms with Gasteiger partial charge in [0.2, 0.25) is 11.8 Å². The van der Waals surface area contributed by atoms with Crippen LogP contribution in [0.25, 0.3) is 11.1 Å². The molecule has 0 radical (unpaired) electrons. The third-order valence-corrected chi connectivity index (χ3v) is 3.32. The number of hydrogen-bond acceptors (Lipinski definition) is 2. The van der Waals surface area contributed by atoms with Crippen LogP contribution in [0.1, 0.15) is 31.8 Å². The summed E-state index contributed by atoms with van der Waals surface area (Å²) in [4.78, 5) is 22.9. The normalized spacial score (nSPS) is 10.3. The highest BCUT2D eigenvalue weighted by atomic mass is 16.1. The van der Waals surface area contributed by atoms with E-state index in [0.717, 1.165) is 22.3 Å². The predicted octanol–water partition coefficient (Wildman–Crippen LogP) is 2.17. The summed E-state index contributed by atoms with van der Waals surface area (Å²) in [6.45, 7) is 3.93. The van der Waals surface area contributed by atoms with Gasteiger partial charge in [-0.15, -0.1) is 0 Å². The zero-order valence-corrected chi connectivity index (χ0v) is 11.4. The highest BCUT2D eigenvalue weighted by Crippen LogP contribution is 2.30. The second-order valence-electron chi connectivity index (χ2n) is 4.76. The first-order valence-electron chi connectivity index (χ1n) is 6.22. The summed E-state index contributed by atoms with van der Waals surface area (Å²) >= 11 is 0. The molecule has 0 bridgehead atoms. The lowest BCUT2D eigenvalue weighted by Crippen LogP contribution is -2.16. The number of carbonyl (C=O) groups is 2. The number of hydrogen-bond donors (Lipinski definition) is 2. The van der Waals surface area contributed by atoms with Gasteiger partial charge in [-0.2, -0.15) is 0 Å². The minimum Gasteiger partial charge on any atom is -0.366 e. The molecule has 0 saturated carbocycles. The van der Waals surface area contributed by atoms with Gasteiger partial charge in [0.15, 0.2) is 0 Å². The van der Waals surface area contributed by atoms with Gasteiger partial charge in [0.05, 0.1) is 0 Å². The van der Waals surface area contributed by atoms with Gasteiger partial charge in [0.25, 0.3) is 0 Å². The van der Waals surface area contributed by atoms with Gasteiger partial charge < -0.3 is 11.5 Å². The monoisotopic (exact) mass is 268 g/mol. The SMILES string of the molecule is Cc1cccc(C)c1-c1ccc(C(N)=O)cc1C(N)=O. The van der Waals surface area contributed by atoms with Crippen molar-refractivity contribution in [3.05, 3.63) is 58.7 Å². The molecule has 4 heteroatoms. The molecular formula is C16H16N2O2. The van der Waals surface area contributed by atoms with Gasteiger partial charge in [0.1, 0.15) is 0 Å². The first kappa shape index (κ1) is 13.8. The number of carbonyl (C=O) groups excluding carboxylic acids is 2. The van der Waals surface area contributed by atoms with E-state index in [1.165, 1.54) is 6.07 Å². The molecule has 0 aromatic heterocycles. The molecule has 0 spiro atoms. The number of amides is 2. The standard InChI is InChI=1S/C16H16N2O2/c1-9-4-3-5-10(2)14(9)12-7-6-11(15(17)19)8-13(12)16(18)20/h3-8H,1-2H3,(H2,17,19)(H2,18,20). The van der Waals surface area contributed by atoms with Crippen LogP contribution in [-0.4, -0.2) is 11.8 Å². The molecule has 0 aliphatic carbocycles. The summed E-state index contributed by atoms with van der Waals surface area (Å²) in [6, 6.07) is 10.7. The van der Waals surface area contributed by atoms with Gasteiger partial charge in [-0.3, -0.25) is 9.59 Å². The number of aryl methyl sites for hydroxylation is 2. The van der Waals surface area contributed by atoms with Crippen LogP contribution < -0.4 is 11.5 Å². The van der Waals surface area contributed by atoms with Crippen LogP contribution >= 0.6 is 0 Å². The van der Waals surface area contributed by atoms with Crippen molar-refractivity contribution in [2.45, 2.75) is 13.8 Å². The van der Waals surface area contributed by atoms with Crippen LogP contribution in [0.2, 0.25) is 0 Å². The Kier molecular flexibility index (Phi) is 3.57. The zero-order chi connectivity index (χ0) is 14.9. The second-order valence-corrected chi connectivity index (χ2v) is 4.76. The maximum Gasteiger partial charge on any atom is 0.249 e. The van der Waals surface area contributed by atoms with Crippen LogP contribution in [0, 0.1) is 13.8 Å². The first-order chi connectivity index (χ1) is 9.41. The van der Waals surface area contributed by atoms with Crippen molar-refractivity contribution in [2.75, 3.05) is 0 Å². The molecule has 0 atom stereocenters. The Morgan fingerprint density at radius 2 is 1.50 bits per heavy atom. The Hall–Kier alpha value is -2.62. The third kappa shape index (κ3) is 2.40. The van der Waals surface area contributed by atoms with Crippen LogP contribution in [0.5, 0.6) is 0 Å². The Balaban J connectivity index is 2.74. The molecule has 2 rings (SSSR count). The molecule has 4 N–H and O–H groups in total. The lowest BCUT2D eigenvalue weighted by molar-refractivity contribution is 0.0999. The fraction of sp³-hybridized carbons (Fsp3) is 0.125. The quantitative estimate of drug-likeness (QED) is 0.893. The van der Waals surface area contributed by atoms with E-state index in [4.69, 9.17) is 11.5 Å². The van der Waals surface area contributed by atoms with Crippen molar-refractivity contribution < 1.29 is 9.59 Å². The summed E-state index contributed by atoms with van der Waals surface area (Å²) in [5.74, 6) is -1.16. The zero-order valence-electron chi connectivity index (χ0n) is 11.4. The molecule has 0 saturated heterocycles. The summed E-state index contributed by atoms with van der Waals surface area (Å²) in [5, 5.41) is 0. The van der Waals surface area contributed by atoms with E-state index in [2.05, 4.69) is 0 Å². The molecule has 0 heterocycles. The van der Waals surface area contributed by atoms with Gasteiger partial charge in [-0.1, -0.05) is 24.3 Å². The van der Waals surface area contributed by atoms with Crippen LogP contribution in [0.15, 0.2) is 36.4 Å². The van der Waals surface area contributed by atoms with E-state index in [-0.39, 0.29) is 5.56 Å². The Bertz CT molecular complexity index is 685. The molecule has 0 unspecified atom stereocenters. The summed E-state index contributed by atoms with van der Waals surface area (Å²) in [6.07, 6.45) is 0. The Morgan fingerprint density at radius 1 is 0.900 bits per heavy atom.